The standard InChI is InChI=1S/C18H26N2O3/c21-18(8-3-14-9-10-19-12-14)20-15-4-6-16(7-5-15)23-13-17-2-1-11-22-17/h4-7,14,17,19H,1-3,8-13H2,(H,20,21). The summed E-state index contributed by atoms with van der Waals surface area (Å²) in [5.41, 5.74) is 0.823. The van der Waals surface area contributed by atoms with Gasteiger partial charge >= 0.3 is 0 Å². The fourth-order valence-corrected chi connectivity index (χ4v) is 3.12. The van der Waals surface area contributed by atoms with Crippen LogP contribution < -0.4 is 15.4 Å². The summed E-state index contributed by atoms with van der Waals surface area (Å²) in [7, 11) is 0. The number of carbonyl (C=O) groups excluding carboxylic acids is 1. The van der Waals surface area contributed by atoms with E-state index in [1.807, 2.05) is 24.3 Å². The van der Waals surface area contributed by atoms with Gasteiger partial charge in [-0.25, -0.2) is 0 Å². The Morgan fingerprint density at radius 3 is 2.87 bits per heavy atom. The molecule has 23 heavy (non-hydrogen) atoms. The Kier molecular flexibility index (Phi) is 5.88. The van der Waals surface area contributed by atoms with Gasteiger partial charge in [-0.3, -0.25) is 4.79 Å². The van der Waals surface area contributed by atoms with E-state index in [4.69, 9.17) is 9.47 Å². The Balaban J connectivity index is 1.38. The van der Waals surface area contributed by atoms with Crippen LogP contribution in [-0.2, 0) is 9.53 Å². The van der Waals surface area contributed by atoms with E-state index in [0.717, 1.165) is 50.4 Å². The SMILES string of the molecule is O=C(CCC1CCNC1)Nc1ccc(OCC2CCCO2)cc1. The normalized spacial score (nSPS) is 23.8. The molecule has 2 saturated heterocycles. The maximum Gasteiger partial charge on any atom is 0.224 e. The Bertz CT molecular complexity index is 491. The molecule has 126 valence electrons. The van der Waals surface area contributed by atoms with E-state index in [1.165, 1.54) is 6.42 Å². The van der Waals surface area contributed by atoms with Crippen LogP contribution in [0, 0.1) is 5.92 Å². The average molecular weight is 318 g/mol. The summed E-state index contributed by atoms with van der Waals surface area (Å²) in [4.78, 5) is 12.0. The summed E-state index contributed by atoms with van der Waals surface area (Å²) in [6, 6.07) is 7.57. The van der Waals surface area contributed by atoms with Gasteiger partial charge in [-0.05, 0) is 69.0 Å². The van der Waals surface area contributed by atoms with Crippen molar-refractivity contribution in [3.8, 4) is 5.75 Å². The molecule has 5 heteroatoms. The summed E-state index contributed by atoms with van der Waals surface area (Å²) >= 11 is 0. The molecule has 0 bridgehead atoms. The van der Waals surface area contributed by atoms with Gasteiger partial charge in [0.2, 0.25) is 5.91 Å². The van der Waals surface area contributed by atoms with Crippen molar-refractivity contribution in [2.24, 2.45) is 5.92 Å². The maximum absolute atomic E-state index is 12.0. The van der Waals surface area contributed by atoms with E-state index in [9.17, 15) is 4.79 Å². The van der Waals surface area contributed by atoms with Gasteiger partial charge < -0.3 is 20.1 Å². The van der Waals surface area contributed by atoms with E-state index in [1.54, 1.807) is 0 Å². The lowest BCUT2D eigenvalue weighted by atomic mass is 10.0. The number of rotatable bonds is 7. The minimum absolute atomic E-state index is 0.0879. The third-order valence-corrected chi connectivity index (χ3v) is 4.54. The molecule has 2 atom stereocenters. The quantitative estimate of drug-likeness (QED) is 0.811. The summed E-state index contributed by atoms with van der Waals surface area (Å²) in [5, 5.41) is 6.28. The predicted octanol–water partition coefficient (Wildman–Crippen LogP) is 2.57. The monoisotopic (exact) mass is 318 g/mol. The summed E-state index contributed by atoms with van der Waals surface area (Å²) in [5.74, 6) is 1.55. The number of nitrogens with one attached hydrogen (secondary N) is 2. The molecule has 0 aliphatic carbocycles. The fraction of sp³-hybridized carbons (Fsp3) is 0.611. The van der Waals surface area contributed by atoms with Crippen LogP contribution in [0.4, 0.5) is 5.69 Å². The molecule has 0 spiro atoms. The van der Waals surface area contributed by atoms with Gasteiger partial charge in [0.1, 0.15) is 12.4 Å². The second-order valence-electron chi connectivity index (χ2n) is 6.42. The first-order valence-corrected chi connectivity index (χ1v) is 8.64. The van der Waals surface area contributed by atoms with Crippen molar-refractivity contribution in [3.05, 3.63) is 24.3 Å². The van der Waals surface area contributed by atoms with Crippen LogP contribution in [0.5, 0.6) is 5.75 Å². The first-order chi connectivity index (χ1) is 11.3. The van der Waals surface area contributed by atoms with Crippen LogP contribution in [0.1, 0.15) is 32.1 Å². The number of carbonyl (C=O) groups is 1. The van der Waals surface area contributed by atoms with Gasteiger partial charge in [0.25, 0.3) is 0 Å². The molecule has 0 radical (unpaired) electrons. The molecule has 5 nitrogen and oxygen atoms in total. The fourth-order valence-electron chi connectivity index (χ4n) is 3.12. The summed E-state index contributed by atoms with van der Waals surface area (Å²) < 4.78 is 11.3. The van der Waals surface area contributed by atoms with E-state index >= 15 is 0 Å². The third-order valence-electron chi connectivity index (χ3n) is 4.54. The number of anilines is 1. The topological polar surface area (TPSA) is 59.6 Å². The van der Waals surface area contributed by atoms with Crippen LogP contribution in [0.25, 0.3) is 0 Å². The molecule has 0 saturated carbocycles. The average Bonchev–Trinajstić information content (AvgIpc) is 3.26. The van der Waals surface area contributed by atoms with E-state index in [0.29, 0.717) is 18.9 Å². The minimum Gasteiger partial charge on any atom is -0.491 e. The largest absolute Gasteiger partial charge is 0.491 e. The van der Waals surface area contributed by atoms with Crippen molar-refractivity contribution in [2.45, 2.75) is 38.2 Å². The van der Waals surface area contributed by atoms with Gasteiger partial charge in [-0.15, -0.1) is 0 Å². The highest BCUT2D eigenvalue weighted by atomic mass is 16.5. The smallest absolute Gasteiger partial charge is 0.224 e. The Morgan fingerprint density at radius 2 is 2.17 bits per heavy atom. The molecule has 1 aromatic rings. The molecule has 0 aromatic heterocycles. The molecule has 1 aromatic carbocycles. The second-order valence-corrected chi connectivity index (χ2v) is 6.42. The van der Waals surface area contributed by atoms with Gasteiger partial charge in [-0.2, -0.15) is 0 Å². The van der Waals surface area contributed by atoms with E-state index < -0.39 is 0 Å². The zero-order valence-electron chi connectivity index (χ0n) is 13.6. The van der Waals surface area contributed by atoms with Crippen molar-refractivity contribution >= 4 is 11.6 Å². The maximum atomic E-state index is 12.0. The van der Waals surface area contributed by atoms with Gasteiger partial charge in [0.15, 0.2) is 0 Å². The second kappa shape index (κ2) is 8.31. The van der Waals surface area contributed by atoms with Crippen LogP contribution in [0.2, 0.25) is 0 Å². The Hall–Kier alpha value is -1.59. The molecule has 2 unspecified atom stereocenters. The molecule has 2 heterocycles. The summed E-state index contributed by atoms with van der Waals surface area (Å²) in [6.45, 7) is 3.57. The van der Waals surface area contributed by atoms with Crippen molar-refractivity contribution in [1.82, 2.24) is 5.32 Å². The first-order valence-electron chi connectivity index (χ1n) is 8.64. The molecule has 2 aliphatic rings. The number of amides is 1. The molecule has 2 fully saturated rings. The van der Waals surface area contributed by atoms with E-state index in [2.05, 4.69) is 10.6 Å². The minimum atomic E-state index is 0.0879. The highest BCUT2D eigenvalue weighted by Crippen LogP contribution is 2.19. The number of hydrogen-bond donors (Lipinski definition) is 2. The number of hydrogen-bond acceptors (Lipinski definition) is 4. The van der Waals surface area contributed by atoms with Crippen LogP contribution in [-0.4, -0.2) is 38.3 Å². The van der Waals surface area contributed by atoms with Gasteiger partial charge in [0, 0.05) is 18.7 Å². The van der Waals surface area contributed by atoms with Crippen molar-refractivity contribution in [3.63, 3.8) is 0 Å². The Labute approximate surface area is 137 Å². The van der Waals surface area contributed by atoms with Crippen LogP contribution >= 0.6 is 0 Å². The van der Waals surface area contributed by atoms with Crippen molar-refractivity contribution in [1.29, 1.82) is 0 Å². The molecular weight excluding hydrogens is 292 g/mol. The van der Waals surface area contributed by atoms with Crippen molar-refractivity contribution in [2.75, 3.05) is 31.6 Å². The third kappa shape index (κ3) is 5.22. The zero-order chi connectivity index (χ0) is 15.9. The Morgan fingerprint density at radius 1 is 1.30 bits per heavy atom. The van der Waals surface area contributed by atoms with Gasteiger partial charge in [0.05, 0.1) is 6.10 Å². The van der Waals surface area contributed by atoms with Crippen LogP contribution in [0.15, 0.2) is 24.3 Å². The zero-order valence-corrected chi connectivity index (χ0v) is 13.6. The van der Waals surface area contributed by atoms with E-state index in [-0.39, 0.29) is 12.0 Å². The first kappa shape index (κ1) is 16.3. The molecular formula is C18H26N2O3. The van der Waals surface area contributed by atoms with Crippen molar-refractivity contribution < 1.29 is 14.3 Å². The molecule has 2 N–H and O–H groups in total. The highest BCUT2D eigenvalue weighted by Gasteiger charge is 2.17. The molecule has 2 aliphatic heterocycles. The van der Waals surface area contributed by atoms with Crippen LogP contribution in [0.3, 0.4) is 0 Å². The lowest BCUT2D eigenvalue weighted by Crippen LogP contribution is -2.16. The lowest BCUT2D eigenvalue weighted by Gasteiger charge is -2.12. The molecule has 3 rings (SSSR count). The predicted molar refractivity (Wildman–Crippen MR) is 89.8 cm³/mol. The number of benzene rings is 1. The summed E-state index contributed by atoms with van der Waals surface area (Å²) in [6.07, 6.45) is 5.15. The number of ether oxygens (including phenoxy) is 2. The van der Waals surface area contributed by atoms with Gasteiger partial charge in [-0.1, -0.05) is 0 Å². The highest BCUT2D eigenvalue weighted by molar-refractivity contribution is 5.90. The lowest BCUT2D eigenvalue weighted by molar-refractivity contribution is -0.116. The molecule has 1 amide bonds.